The molecule has 3 aromatic rings. The van der Waals surface area contributed by atoms with Crippen LogP contribution in [-0.4, -0.2) is 40.0 Å². The Kier molecular flexibility index (Phi) is 4.20. The van der Waals surface area contributed by atoms with E-state index in [-0.39, 0.29) is 12.0 Å². The van der Waals surface area contributed by atoms with E-state index in [2.05, 4.69) is 16.0 Å². The average molecular weight is 344 g/mol. The van der Waals surface area contributed by atoms with E-state index in [9.17, 15) is 4.79 Å². The highest BCUT2D eigenvalue weighted by Crippen LogP contribution is 2.20. The Labute approximate surface area is 150 Å². The predicted molar refractivity (Wildman–Crippen MR) is 95.6 cm³/mol. The van der Waals surface area contributed by atoms with Crippen molar-refractivity contribution in [1.82, 2.24) is 14.9 Å². The maximum absolute atomic E-state index is 12.7. The van der Waals surface area contributed by atoms with E-state index in [4.69, 9.17) is 10.00 Å². The molecule has 1 atom stereocenters. The molecule has 0 aliphatic carbocycles. The number of hydrogen-bond donors (Lipinski definition) is 0. The summed E-state index contributed by atoms with van der Waals surface area (Å²) >= 11 is 0. The van der Waals surface area contributed by atoms with Gasteiger partial charge in [0.1, 0.15) is 11.8 Å². The summed E-state index contributed by atoms with van der Waals surface area (Å²) in [4.78, 5) is 23.1. The number of likely N-dealkylation sites (tertiary alicyclic amines) is 1. The summed E-state index contributed by atoms with van der Waals surface area (Å²) in [6.45, 7) is 1.09. The Bertz CT molecular complexity index is 1010. The number of rotatable bonds is 3. The second kappa shape index (κ2) is 6.81. The summed E-state index contributed by atoms with van der Waals surface area (Å²) in [6, 6.07) is 16.7. The SMILES string of the molecule is N#Cc1ccnc(OC2CCN(C(=O)c3ccc4ccccc4n3)C2)c1. The molecule has 0 radical (unpaired) electrons. The van der Waals surface area contributed by atoms with Gasteiger partial charge >= 0.3 is 0 Å². The quantitative estimate of drug-likeness (QED) is 0.730. The molecule has 0 N–H and O–H groups in total. The molecule has 1 aromatic carbocycles. The molecule has 0 bridgehead atoms. The van der Waals surface area contributed by atoms with E-state index in [0.717, 1.165) is 17.3 Å². The third-order valence-electron chi connectivity index (χ3n) is 4.40. The van der Waals surface area contributed by atoms with E-state index < -0.39 is 0 Å². The number of amides is 1. The number of nitrogens with zero attached hydrogens (tertiary/aromatic N) is 4. The van der Waals surface area contributed by atoms with Crippen molar-refractivity contribution in [1.29, 1.82) is 5.26 Å². The Morgan fingerprint density at radius 3 is 3.00 bits per heavy atom. The molecule has 1 aliphatic heterocycles. The first-order valence-corrected chi connectivity index (χ1v) is 8.41. The number of carbonyl (C=O) groups excluding carboxylic acids is 1. The normalized spacial score (nSPS) is 16.4. The third-order valence-corrected chi connectivity index (χ3v) is 4.40. The maximum Gasteiger partial charge on any atom is 0.272 e. The van der Waals surface area contributed by atoms with Gasteiger partial charge in [-0.05, 0) is 18.2 Å². The van der Waals surface area contributed by atoms with Crippen molar-refractivity contribution in [3.05, 3.63) is 66.0 Å². The number of pyridine rings is 2. The van der Waals surface area contributed by atoms with Crippen LogP contribution in [0.4, 0.5) is 0 Å². The molecule has 1 unspecified atom stereocenters. The van der Waals surface area contributed by atoms with Crippen molar-refractivity contribution in [2.75, 3.05) is 13.1 Å². The number of nitriles is 1. The molecule has 6 nitrogen and oxygen atoms in total. The van der Waals surface area contributed by atoms with Gasteiger partial charge in [0.2, 0.25) is 5.88 Å². The number of para-hydroxylation sites is 1. The van der Waals surface area contributed by atoms with E-state index in [1.165, 1.54) is 0 Å². The third kappa shape index (κ3) is 3.20. The molecule has 1 saturated heterocycles. The van der Waals surface area contributed by atoms with Crippen LogP contribution in [0.25, 0.3) is 10.9 Å². The molecule has 6 heteroatoms. The van der Waals surface area contributed by atoms with Crippen molar-refractivity contribution in [3.8, 4) is 11.9 Å². The predicted octanol–water partition coefficient (Wildman–Crippen LogP) is 2.79. The standard InChI is InChI=1S/C20H16N4O2/c21-12-14-7-9-22-19(11-14)26-16-8-10-24(13-16)20(25)18-6-5-15-3-1-2-4-17(15)23-18/h1-7,9,11,16H,8,10,13H2. The first-order chi connectivity index (χ1) is 12.7. The molecule has 128 valence electrons. The first-order valence-electron chi connectivity index (χ1n) is 8.41. The number of benzene rings is 1. The van der Waals surface area contributed by atoms with Gasteiger partial charge in [0.15, 0.2) is 0 Å². The lowest BCUT2D eigenvalue weighted by molar-refractivity contribution is 0.0766. The second-order valence-electron chi connectivity index (χ2n) is 6.16. The van der Waals surface area contributed by atoms with Crippen LogP contribution in [0.1, 0.15) is 22.5 Å². The summed E-state index contributed by atoms with van der Waals surface area (Å²) in [5, 5.41) is 9.96. The zero-order valence-corrected chi connectivity index (χ0v) is 14.0. The molecule has 3 heterocycles. The molecule has 1 fully saturated rings. The van der Waals surface area contributed by atoms with Gasteiger partial charge in [0, 0.05) is 30.6 Å². The smallest absolute Gasteiger partial charge is 0.272 e. The minimum Gasteiger partial charge on any atom is -0.472 e. The van der Waals surface area contributed by atoms with Crippen molar-refractivity contribution in [3.63, 3.8) is 0 Å². The molecule has 4 rings (SSSR count). The first kappa shape index (κ1) is 16.0. The summed E-state index contributed by atoms with van der Waals surface area (Å²) in [5.74, 6) is 0.313. The van der Waals surface area contributed by atoms with Crippen LogP contribution in [0.2, 0.25) is 0 Å². The Morgan fingerprint density at radius 1 is 1.23 bits per heavy atom. The van der Waals surface area contributed by atoms with E-state index >= 15 is 0 Å². The minimum atomic E-state index is -0.138. The Balaban J connectivity index is 1.45. The van der Waals surface area contributed by atoms with Gasteiger partial charge in [-0.2, -0.15) is 5.26 Å². The van der Waals surface area contributed by atoms with Crippen LogP contribution in [-0.2, 0) is 0 Å². The number of hydrogen-bond acceptors (Lipinski definition) is 5. The molecule has 1 amide bonds. The molecule has 2 aromatic heterocycles. The second-order valence-corrected chi connectivity index (χ2v) is 6.16. The fraction of sp³-hybridized carbons (Fsp3) is 0.200. The molecule has 1 aliphatic rings. The van der Waals surface area contributed by atoms with Crippen LogP contribution in [0, 0.1) is 11.3 Å². The number of aromatic nitrogens is 2. The lowest BCUT2D eigenvalue weighted by Crippen LogP contribution is -2.31. The lowest BCUT2D eigenvalue weighted by atomic mass is 10.2. The minimum absolute atomic E-state index is 0.0967. The van der Waals surface area contributed by atoms with Crippen LogP contribution in [0.5, 0.6) is 5.88 Å². The fourth-order valence-electron chi connectivity index (χ4n) is 3.07. The Hall–Kier alpha value is -3.46. The van der Waals surface area contributed by atoms with Crippen molar-refractivity contribution in [2.24, 2.45) is 0 Å². The van der Waals surface area contributed by atoms with E-state index in [1.54, 1.807) is 29.3 Å². The van der Waals surface area contributed by atoms with Crippen molar-refractivity contribution in [2.45, 2.75) is 12.5 Å². The topological polar surface area (TPSA) is 79.1 Å². The zero-order valence-electron chi connectivity index (χ0n) is 14.0. The summed E-state index contributed by atoms with van der Waals surface area (Å²) < 4.78 is 5.83. The van der Waals surface area contributed by atoms with Gasteiger partial charge in [0.25, 0.3) is 5.91 Å². The summed E-state index contributed by atoms with van der Waals surface area (Å²) in [6.07, 6.45) is 2.13. The largest absolute Gasteiger partial charge is 0.472 e. The molecule has 26 heavy (non-hydrogen) atoms. The summed E-state index contributed by atoms with van der Waals surface area (Å²) in [7, 11) is 0. The van der Waals surface area contributed by atoms with E-state index in [1.807, 2.05) is 30.3 Å². The number of fused-ring (bicyclic) bond motifs is 1. The highest BCUT2D eigenvalue weighted by molar-refractivity contribution is 5.95. The number of ether oxygens (including phenoxy) is 1. The highest BCUT2D eigenvalue weighted by Gasteiger charge is 2.29. The van der Waals surface area contributed by atoms with Gasteiger partial charge in [-0.15, -0.1) is 0 Å². The van der Waals surface area contributed by atoms with Crippen LogP contribution in [0.3, 0.4) is 0 Å². The Morgan fingerprint density at radius 2 is 2.12 bits per heavy atom. The number of carbonyl (C=O) groups is 1. The molecular weight excluding hydrogens is 328 g/mol. The average Bonchev–Trinajstić information content (AvgIpc) is 3.15. The van der Waals surface area contributed by atoms with Gasteiger partial charge < -0.3 is 9.64 Å². The van der Waals surface area contributed by atoms with E-state index in [0.29, 0.717) is 30.2 Å². The van der Waals surface area contributed by atoms with Gasteiger partial charge in [-0.25, -0.2) is 9.97 Å². The van der Waals surface area contributed by atoms with Crippen molar-refractivity contribution < 1.29 is 9.53 Å². The van der Waals surface area contributed by atoms with Gasteiger partial charge in [-0.1, -0.05) is 24.3 Å². The molecular formula is C20H16N4O2. The highest BCUT2D eigenvalue weighted by atomic mass is 16.5. The molecule has 0 saturated carbocycles. The van der Waals surface area contributed by atoms with Crippen molar-refractivity contribution >= 4 is 16.8 Å². The van der Waals surface area contributed by atoms with Crippen LogP contribution >= 0.6 is 0 Å². The monoisotopic (exact) mass is 344 g/mol. The maximum atomic E-state index is 12.7. The zero-order chi connectivity index (χ0) is 17.9. The lowest BCUT2D eigenvalue weighted by Gasteiger charge is -2.16. The summed E-state index contributed by atoms with van der Waals surface area (Å²) in [5.41, 5.74) is 1.75. The fourth-order valence-corrected chi connectivity index (χ4v) is 3.07. The van der Waals surface area contributed by atoms with Gasteiger partial charge in [0.05, 0.1) is 23.7 Å². The van der Waals surface area contributed by atoms with Crippen LogP contribution in [0.15, 0.2) is 54.7 Å². The van der Waals surface area contributed by atoms with Gasteiger partial charge in [-0.3, -0.25) is 4.79 Å². The molecule has 0 spiro atoms. The van der Waals surface area contributed by atoms with Crippen LogP contribution < -0.4 is 4.74 Å².